The minimum absolute atomic E-state index is 0.431. The van der Waals surface area contributed by atoms with Gasteiger partial charge in [0.15, 0.2) is 11.5 Å². The summed E-state index contributed by atoms with van der Waals surface area (Å²) in [4.78, 5) is 4.59. The van der Waals surface area contributed by atoms with Crippen molar-refractivity contribution in [3.63, 3.8) is 0 Å². The normalized spacial score (nSPS) is 16.8. The Morgan fingerprint density at radius 2 is 1.76 bits per heavy atom. The molecule has 0 amide bonds. The summed E-state index contributed by atoms with van der Waals surface area (Å²) in [5.74, 6) is 2.67. The highest BCUT2D eigenvalue weighted by Gasteiger charge is 2.17. The number of nitrogens with two attached hydrogens (primary N) is 1. The predicted octanol–water partition coefficient (Wildman–Crippen LogP) is 4.05. The van der Waals surface area contributed by atoms with Gasteiger partial charge >= 0.3 is 0 Å². The maximum absolute atomic E-state index is 6.18. The quantitative estimate of drug-likeness (QED) is 0.635. The molecule has 1 saturated carbocycles. The number of ether oxygens (including phenoxy) is 2. The third-order valence-corrected chi connectivity index (χ3v) is 3.81. The monoisotopic (exact) mass is 290 g/mol. The van der Waals surface area contributed by atoms with E-state index in [0.29, 0.717) is 19.1 Å². The van der Waals surface area contributed by atoms with Gasteiger partial charge in [0.1, 0.15) is 5.84 Å². The highest BCUT2D eigenvalue weighted by molar-refractivity contribution is 5.85. The molecule has 1 fully saturated rings. The number of benzene rings is 1. The van der Waals surface area contributed by atoms with Crippen LogP contribution in [0.1, 0.15) is 46.0 Å². The van der Waals surface area contributed by atoms with E-state index in [1.54, 1.807) is 0 Å². The molecule has 116 valence electrons. The summed E-state index contributed by atoms with van der Waals surface area (Å²) < 4.78 is 11.2. The molecule has 0 saturated heterocycles. The Hall–Kier alpha value is -1.71. The number of amidine groups is 1. The summed E-state index contributed by atoms with van der Waals surface area (Å²) in [5.41, 5.74) is 7.02. The molecule has 0 atom stereocenters. The van der Waals surface area contributed by atoms with E-state index in [2.05, 4.69) is 4.99 Å². The molecule has 0 unspecified atom stereocenters. The van der Waals surface area contributed by atoms with Crippen LogP contribution in [0.3, 0.4) is 0 Å². The molecule has 0 radical (unpaired) electrons. The van der Waals surface area contributed by atoms with Crippen LogP contribution in [-0.4, -0.2) is 19.0 Å². The summed E-state index contributed by atoms with van der Waals surface area (Å²) in [6.45, 7) is 5.14. The van der Waals surface area contributed by atoms with Crippen molar-refractivity contribution in [3.8, 4) is 11.5 Å². The second-order valence-electron chi connectivity index (χ2n) is 5.37. The fourth-order valence-corrected chi connectivity index (χ4v) is 2.75. The van der Waals surface area contributed by atoms with Gasteiger partial charge < -0.3 is 15.2 Å². The van der Waals surface area contributed by atoms with Gasteiger partial charge in [0, 0.05) is 12.0 Å². The van der Waals surface area contributed by atoms with Gasteiger partial charge in [-0.15, -0.1) is 0 Å². The highest BCUT2D eigenvalue weighted by atomic mass is 16.5. The molecule has 1 aromatic rings. The fraction of sp³-hybridized carbons (Fsp3) is 0.588. The zero-order valence-electron chi connectivity index (χ0n) is 13.1. The lowest BCUT2D eigenvalue weighted by atomic mass is 9.88. The molecule has 0 spiro atoms. The Labute approximate surface area is 127 Å². The number of rotatable bonds is 6. The standard InChI is InChI=1S/C17H26N2O2/c1-3-20-15-11-10-14(12-16(15)21-4-2)19-17(18)13-8-6-5-7-9-13/h10-13H,3-9H2,1-2H3,(H2,18,19). The van der Waals surface area contributed by atoms with E-state index < -0.39 is 0 Å². The Balaban J connectivity index is 2.16. The van der Waals surface area contributed by atoms with Crippen molar-refractivity contribution < 1.29 is 9.47 Å². The maximum atomic E-state index is 6.18. The first kappa shape index (κ1) is 15.7. The number of hydrogen-bond donors (Lipinski definition) is 1. The largest absolute Gasteiger partial charge is 0.490 e. The molecule has 4 heteroatoms. The van der Waals surface area contributed by atoms with Crippen molar-refractivity contribution in [2.24, 2.45) is 16.6 Å². The summed E-state index contributed by atoms with van der Waals surface area (Å²) in [6, 6.07) is 5.74. The van der Waals surface area contributed by atoms with Crippen molar-refractivity contribution >= 4 is 11.5 Å². The van der Waals surface area contributed by atoms with Gasteiger partial charge in [-0.2, -0.15) is 0 Å². The van der Waals surface area contributed by atoms with Gasteiger partial charge in [0.2, 0.25) is 0 Å². The van der Waals surface area contributed by atoms with Crippen molar-refractivity contribution in [2.45, 2.75) is 46.0 Å². The van der Waals surface area contributed by atoms with E-state index in [1.165, 1.54) is 19.3 Å². The Bertz CT molecular complexity index is 480. The summed E-state index contributed by atoms with van der Waals surface area (Å²) in [7, 11) is 0. The van der Waals surface area contributed by atoms with Gasteiger partial charge in [-0.1, -0.05) is 19.3 Å². The first-order valence-electron chi connectivity index (χ1n) is 7.98. The zero-order chi connectivity index (χ0) is 15.1. The summed E-state index contributed by atoms with van der Waals surface area (Å²) >= 11 is 0. The first-order valence-corrected chi connectivity index (χ1v) is 7.98. The molecule has 2 N–H and O–H groups in total. The minimum atomic E-state index is 0.431. The minimum Gasteiger partial charge on any atom is -0.490 e. The number of nitrogens with zero attached hydrogens (tertiary/aromatic N) is 1. The average Bonchev–Trinajstić information content (AvgIpc) is 2.51. The van der Waals surface area contributed by atoms with Crippen LogP contribution in [0.15, 0.2) is 23.2 Å². The third-order valence-electron chi connectivity index (χ3n) is 3.81. The maximum Gasteiger partial charge on any atom is 0.163 e. The molecule has 0 aliphatic heterocycles. The molecular formula is C17H26N2O2. The van der Waals surface area contributed by atoms with Gasteiger partial charge in [-0.25, -0.2) is 4.99 Å². The summed E-state index contributed by atoms with van der Waals surface area (Å²) in [6.07, 6.45) is 6.15. The average molecular weight is 290 g/mol. The second-order valence-corrected chi connectivity index (χ2v) is 5.37. The SMILES string of the molecule is CCOc1ccc(N=C(N)C2CCCCC2)cc1OCC. The molecule has 0 heterocycles. The second kappa shape index (κ2) is 7.91. The molecule has 21 heavy (non-hydrogen) atoms. The van der Waals surface area contributed by atoms with Crippen LogP contribution in [0.4, 0.5) is 5.69 Å². The van der Waals surface area contributed by atoms with Crippen LogP contribution in [0.2, 0.25) is 0 Å². The van der Waals surface area contributed by atoms with E-state index in [0.717, 1.165) is 35.9 Å². The molecule has 0 aromatic heterocycles. The van der Waals surface area contributed by atoms with Gasteiger partial charge in [-0.05, 0) is 38.8 Å². The van der Waals surface area contributed by atoms with Crippen molar-refractivity contribution in [2.75, 3.05) is 13.2 Å². The molecule has 2 rings (SSSR count). The van der Waals surface area contributed by atoms with Crippen LogP contribution in [0.25, 0.3) is 0 Å². The van der Waals surface area contributed by atoms with Crippen molar-refractivity contribution in [1.82, 2.24) is 0 Å². The molecule has 1 aliphatic carbocycles. The zero-order valence-corrected chi connectivity index (χ0v) is 13.1. The first-order chi connectivity index (χ1) is 10.2. The Morgan fingerprint density at radius 3 is 2.43 bits per heavy atom. The summed E-state index contributed by atoms with van der Waals surface area (Å²) in [5, 5.41) is 0. The van der Waals surface area contributed by atoms with Crippen LogP contribution in [0.5, 0.6) is 11.5 Å². The van der Waals surface area contributed by atoms with Crippen LogP contribution < -0.4 is 15.2 Å². The smallest absolute Gasteiger partial charge is 0.163 e. The molecule has 1 aromatic carbocycles. The van der Waals surface area contributed by atoms with Gasteiger partial charge in [-0.3, -0.25) is 0 Å². The lowest BCUT2D eigenvalue weighted by molar-refractivity contribution is 0.288. The predicted molar refractivity (Wildman–Crippen MR) is 86.6 cm³/mol. The van der Waals surface area contributed by atoms with E-state index in [9.17, 15) is 0 Å². The Morgan fingerprint density at radius 1 is 1.10 bits per heavy atom. The number of hydrogen-bond acceptors (Lipinski definition) is 3. The van der Waals surface area contributed by atoms with Gasteiger partial charge in [0.05, 0.1) is 18.9 Å². The van der Waals surface area contributed by atoms with Crippen molar-refractivity contribution in [3.05, 3.63) is 18.2 Å². The molecule has 4 nitrogen and oxygen atoms in total. The fourth-order valence-electron chi connectivity index (χ4n) is 2.75. The molecule has 1 aliphatic rings. The van der Waals surface area contributed by atoms with Crippen LogP contribution in [0, 0.1) is 5.92 Å². The Kier molecular flexibility index (Phi) is 5.90. The highest BCUT2D eigenvalue weighted by Crippen LogP contribution is 2.32. The molecular weight excluding hydrogens is 264 g/mol. The van der Waals surface area contributed by atoms with Crippen LogP contribution in [-0.2, 0) is 0 Å². The topological polar surface area (TPSA) is 56.8 Å². The van der Waals surface area contributed by atoms with E-state index in [1.807, 2.05) is 32.0 Å². The van der Waals surface area contributed by atoms with Crippen LogP contribution >= 0.6 is 0 Å². The van der Waals surface area contributed by atoms with E-state index in [4.69, 9.17) is 15.2 Å². The van der Waals surface area contributed by atoms with Crippen molar-refractivity contribution in [1.29, 1.82) is 0 Å². The van der Waals surface area contributed by atoms with E-state index in [-0.39, 0.29) is 0 Å². The number of aliphatic imine (C=N–C) groups is 1. The lowest BCUT2D eigenvalue weighted by Gasteiger charge is -2.21. The molecule has 0 bridgehead atoms. The van der Waals surface area contributed by atoms with E-state index >= 15 is 0 Å². The van der Waals surface area contributed by atoms with Gasteiger partial charge in [0.25, 0.3) is 0 Å². The lowest BCUT2D eigenvalue weighted by Crippen LogP contribution is -2.25. The third kappa shape index (κ3) is 4.38.